The van der Waals surface area contributed by atoms with Gasteiger partial charge in [-0.1, -0.05) is 39.1 Å². The topological polar surface area (TPSA) is 25.8 Å². The first kappa shape index (κ1) is 12.9. The van der Waals surface area contributed by atoms with Crippen LogP contribution in [0.3, 0.4) is 0 Å². The number of aromatic nitrogens is 2. The van der Waals surface area contributed by atoms with Crippen molar-refractivity contribution < 1.29 is 0 Å². The summed E-state index contributed by atoms with van der Waals surface area (Å²) in [4.78, 5) is 8.85. The Balaban J connectivity index is 2.22. The highest BCUT2D eigenvalue weighted by atomic mass is 79.9. The first-order valence-electron chi connectivity index (χ1n) is 5.52. The Kier molecular flexibility index (Phi) is 3.44. The molecule has 0 N–H and O–H groups in total. The molecule has 0 bridgehead atoms. The van der Waals surface area contributed by atoms with E-state index in [4.69, 9.17) is 23.2 Å². The Morgan fingerprint density at radius 1 is 0.895 bits per heavy atom. The fourth-order valence-electron chi connectivity index (χ4n) is 1.79. The molecule has 0 amide bonds. The van der Waals surface area contributed by atoms with Crippen molar-refractivity contribution in [2.45, 2.75) is 0 Å². The first-order valence-corrected chi connectivity index (χ1v) is 7.07. The summed E-state index contributed by atoms with van der Waals surface area (Å²) in [5, 5.41) is 1.96. The summed E-state index contributed by atoms with van der Waals surface area (Å²) < 4.78 is 0.955. The molecule has 0 saturated heterocycles. The van der Waals surface area contributed by atoms with E-state index in [-0.39, 0.29) is 0 Å². The van der Waals surface area contributed by atoms with Crippen LogP contribution >= 0.6 is 39.1 Å². The minimum absolute atomic E-state index is 0.447. The van der Waals surface area contributed by atoms with E-state index in [9.17, 15) is 0 Å². The van der Waals surface area contributed by atoms with Crippen LogP contribution in [-0.4, -0.2) is 9.97 Å². The second-order valence-electron chi connectivity index (χ2n) is 4.01. The van der Waals surface area contributed by atoms with E-state index in [0.717, 1.165) is 20.9 Å². The zero-order chi connectivity index (χ0) is 13.4. The summed E-state index contributed by atoms with van der Waals surface area (Å²) in [6.07, 6.45) is 0. The maximum absolute atomic E-state index is 6.20. The lowest BCUT2D eigenvalue weighted by Crippen LogP contribution is -1.91. The highest BCUT2D eigenvalue weighted by Crippen LogP contribution is 2.27. The molecule has 3 rings (SSSR count). The molecule has 19 heavy (non-hydrogen) atoms. The molecule has 0 atom stereocenters. The van der Waals surface area contributed by atoms with Crippen LogP contribution in [0.1, 0.15) is 0 Å². The molecule has 1 heterocycles. The summed E-state index contributed by atoms with van der Waals surface area (Å²) in [5.74, 6) is 0.590. The van der Waals surface area contributed by atoms with Gasteiger partial charge in [0.1, 0.15) is 5.15 Å². The number of hydrogen-bond acceptors (Lipinski definition) is 2. The number of benzene rings is 2. The molecule has 0 saturated carbocycles. The zero-order valence-electron chi connectivity index (χ0n) is 9.57. The van der Waals surface area contributed by atoms with Gasteiger partial charge in [-0.25, -0.2) is 9.97 Å². The third kappa shape index (κ3) is 2.59. The van der Waals surface area contributed by atoms with E-state index < -0.39 is 0 Å². The van der Waals surface area contributed by atoms with Gasteiger partial charge in [0.15, 0.2) is 5.82 Å². The Bertz CT molecular complexity index is 757. The van der Waals surface area contributed by atoms with E-state index in [1.54, 1.807) is 12.1 Å². The lowest BCUT2D eigenvalue weighted by molar-refractivity contribution is 1.23. The van der Waals surface area contributed by atoms with Gasteiger partial charge >= 0.3 is 0 Å². The van der Waals surface area contributed by atoms with E-state index in [1.165, 1.54) is 0 Å². The number of hydrogen-bond donors (Lipinski definition) is 0. The van der Waals surface area contributed by atoms with Crippen LogP contribution in [0.25, 0.3) is 22.3 Å². The molecule has 0 fully saturated rings. The lowest BCUT2D eigenvalue weighted by atomic mass is 10.2. The fraction of sp³-hybridized carbons (Fsp3) is 0. The van der Waals surface area contributed by atoms with E-state index in [2.05, 4.69) is 25.9 Å². The number of rotatable bonds is 1. The highest BCUT2D eigenvalue weighted by molar-refractivity contribution is 9.10. The molecule has 0 aliphatic rings. The molecule has 0 spiro atoms. The normalized spacial score (nSPS) is 10.9. The van der Waals surface area contributed by atoms with Crippen LogP contribution in [-0.2, 0) is 0 Å². The molecule has 94 valence electrons. The Morgan fingerprint density at radius 3 is 2.37 bits per heavy atom. The Hall–Kier alpha value is -1.16. The molecule has 2 aromatic carbocycles. The van der Waals surface area contributed by atoms with Crippen molar-refractivity contribution >= 4 is 50.0 Å². The zero-order valence-corrected chi connectivity index (χ0v) is 12.7. The molecule has 0 aliphatic carbocycles. The molecular formula is C14H7BrCl2N2. The molecule has 0 unspecified atom stereocenters. The van der Waals surface area contributed by atoms with Crippen LogP contribution in [0.4, 0.5) is 0 Å². The van der Waals surface area contributed by atoms with Crippen molar-refractivity contribution in [3.63, 3.8) is 0 Å². The van der Waals surface area contributed by atoms with Crippen LogP contribution in [0.2, 0.25) is 10.2 Å². The molecule has 3 aromatic rings. The Morgan fingerprint density at radius 2 is 1.63 bits per heavy atom. The molecule has 0 radical (unpaired) electrons. The third-order valence-electron chi connectivity index (χ3n) is 2.71. The van der Waals surface area contributed by atoms with Gasteiger partial charge in [0.05, 0.1) is 5.52 Å². The average Bonchev–Trinajstić information content (AvgIpc) is 2.38. The largest absolute Gasteiger partial charge is 0.228 e. The van der Waals surface area contributed by atoms with Crippen molar-refractivity contribution in [2.24, 2.45) is 0 Å². The van der Waals surface area contributed by atoms with Crippen molar-refractivity contribution in [1.29, 1.82) is 0 Å². The maximum Gasteiger partial charge on any atom is 0.161 e. The van der Waals surface area contributed by atoms with Gasteiger partial charge in [-0.3, -0.25) is 0 Å². The van der Waals surface area contributed by atoms with Gasteiger partial charge in [0, 0.05) is 20.4 Å². The molecule has 2 nitrogen and oxygen atoms in total. The smallest absolute Gasteiger partial charge is 0.161 e. The van der Waals surface area contributed by atoms with Gasteiger partial charge < -0.3 is 0 Å². The minimum atomic E-state index is 0.447. The fourth-order valence-corrected chi connectivity index (χ4v) is 2.51. The van der Waals surface area contributed by atoms with Crippen molar-refractivity contribution in [1.82, 2.24) is 9.97 Å². The van der Waals surface area contributed by atoms with Crippen molar-refractivity contribution in [2.75, 3.05) is 0 Å². The Labute approximate surface area is 128 Å². The van der Waals surface area contributed by atoms with Gasteiger partial charge in [0.2, 0.25) is 0 Å². The molecule has 0 aliphatic heterocycles. The minimum Gasteiger partial charge on any atom is -0.228 e. The van der Waals surface area contributed by atoms with E-state index >= 15 is 0 Å². The van der Waals surface area contributed by atoms with Crippen LogP contribution in [0.15, 0.2) is 46.9 Å². The number of fused-ring (bicyclic) bond motifs is 1. The summed E-state index contributed by atoms with van der Waals surface area (Å²) in [5.41, 5.74) is 1.69. The second-order valence-corrected chi connectivity index (χ2v) is 5.72. The molecule has 1 aromatic heterocycles. The van der Waals surface area contributed by atoms with Crippen LogP contribution in [0.5, 0.6) is 0 Å². The van der Waals surface area contributed by atoms with Crippen molar-refractivity contribution in [3.05, 3.63) is 57.1 Å². The van der Waals surface area contributed by atoms with Gasteiger partial charge in [0.25, 0.3) is 0 Å². The summed E-state index contributed by atoms with van der Waals surface area (Å²) >= 11 is 15.5. The van der Waals surface area contributed by atoms with Crippen LogP contribution in [0, 0.1) is 0 Å². The molecule has 5 heteroatoms. The predicted molar refractivity (Wildman–Crippen MR) is 82.7 cm³/mol. The molecular weight excluding hydrogens is 347 g/mol. The van der Waals surface area contributed by atoms with Gasteiger partial charge in [-0.15, -0.1) is 0 Å². The third-order valence-corrected chi connectivity index (χ3v) is 3.75. The SMILES string of the molecule is Clc1ccc(-c2nc(Cl)c3ccc(Br)cc3n2)cc1. The lowest BCUT2D eigenvalue weighted by Gasteiger charge is -2.05. The second kappa shape index (κ2) is 5.08. The van der Waals surface area contributed by atoms with Crippen LogP contribution < -0.4 is 0 Å². The summed E-state index contributed by atoms with van der Waals surface area (Å²) in [6.45, 7) is 0. The van der Waals surface area contributed by atoms with E-state index in [1.807, 2.05) is 30.3 Å². The maximum atomic E-state index is 6.20. The number of halogens is 3. The monoisotopic (exact) mass is 352 g/mol. The van der Waals surface area contributed by atoms with Crippen molar-refractivity contribution in [3.8, 4) is 11.4 Å². The summed E-state index contributed by atoms with van der Waals surface area (Å²) in [6, 6.07) is 13.1. The first-order chi connectivity index (χ1) is 9.13. The predicted octanol–water partition coefficient (Wildman–Crippen LogP) is 5.37. The van der Waals surface area contributed by atoms with E-state index in [0.29, 0.717) is 16.0 Å². The quantitative estimate of drug-likeness (QED) is 0.550. The average molecular weight is 354 g/mol. The highest BCUT2D eigenvalue weighted by Gasteiger charge is 2.08. The number of nitrogens with zero attached hydrogens (tertiary/aromatic N) is 2. The van der Waals surface area contributed by atoms with Gasteiger partial charge in [-0.2, -0.15) is 0 Å². The standard InChI is InChI=1S/C14H7BrCl2N2/c15-9-3-6-11-12(7-9)18-14(19-13(11)17)8-1-4-10(16)5-2-8/h1-7H. The summed E-state index contributed by atoms with van der Waals surface area (Å²) in [7, 11) is 0. The van der Waals surface area contributed by atoms with Gasteiger partial charge in [-0.05, 0) is 42.5 Å².